The average Bonchev–Trinajstić information content (AvgIpc) is 3.93. The maximum atomic E-state index is 2.47. The van der Waals surface area contributed by atoms with Gasteiger partial charge in [0.05, 0.1) is 11.0 Å². The van der Waals surface area contributed by atoms with Crippen molar-refractivity contribution in [1.29, 1.82) is 0 Å². The zero-order valence-electron chi connectivity index (χ0n) is 33.8. The van der Waals surface area contributed by atoms with Gasteiger partial charge in [-0.05, 0) is 137 Å². The molecule has 0 aliphatic heterocycles. The Hall–Kier alpha value is -7.42. The van der Waals surface area contributed by atoms with Crippen LogP contribution < -0.4 is 0 Å². The minimum atomic E-state index is 0.911. The van der Waals surface area contributed by atoms with E-state index in [2.05, 4.69) is 206 Å². The summed E-state index contributed by atoms with van der Waals surface area (Å²) in [6, 6.07) is 63.8. The van der Waals surface area contributed by atoms with Gasteiger partial charge in [-0.25, -0.2) is 0 Å². The van der Waals surface area contributed by atoms with Crippen LogP contribution in [0, 0.1) is 0 Å². The Balaban J connectivity index is 0.989. The molecule has 0 saturated carbocycles. The van der Waals surface area contributed by atoms with Gasteiger partial charge in [0, 0.05) is 46.7 Å². The number of rotatable bonds is 3. The first-order valence-electron chi connectivity index (χ1n) is 21.1. The lowest BCUT2D eigenvalue weighted by Crippen LogP contribution is -1.97. The lowest BCUT2D eigenvalue weighted by molar-refractivity contribution is 1.01. The van der Waals surface area contributed by atoms with Crippen molar-refractivity contribution in [1.82, 2.24) is 9.13 Å². The van der Waals surface area contributed by atoms with E-state index in [-0.39, 0.29) is 0 Å². The lowest BCUT2D eigenvalue weighted by Gasteiger charge is -2.17. The van der Waals surface area contributed by atoms with Crippen LogP contribution in [0.5, 0.6) is 0 Å². The molecular formula is C58H40N2. The summed E-state index contributed by atoms with van der Waals surface area (Å²) in [5, 5.41) is 15.7. The number of aromatic nitrogens is 2. The smallest absolute Gasteiger partial charge is 0.0501 e. The van der Waals surface area contributed by atoms with E-state index in [9.17, 15) is 0 Å². The Kier molecular flexibility index (Phi) is 6.88. The largest absolute Gasteiger partial charge is 0.344 e. The van der Waals surface area contributed by atoms with Gasteiger partial charge in [-0.1, -0.05) is 146 Å². The zero-order chi connectivity index (χ0) is 39.8. The number of hydrogen-bond donors (Lipinski definition) is 0. The normalized spacial score (nSPS) is 12.9. The molecule has 2 heteroatoms. The van der Waals surface area contributed by atoms with Crippen LogP contribution >= 0.6 is 0 Å². The average molecular weight is 765 g/mol. The number of hydrogen-bond acceptors (Lipinski definition) is 0. The van der Waals surface area contributed by atoms with Crippen molar-refractivity contribution in [3.63, 3.8) is 0 Å². The third kappa shape index (κ3) is 4.43. The van der Waals surface area contributed by atoms with Crippen LogP contribution in [0.2, 0.25) is 0 Å². The van der Waals surface area contributed by atoms with E-state index in [0.717, 1.165) is 6.42 Å². The Morgan fingerprint density at radius 1 is 0.417 bits per heavy atom. The van der Waals surface area contributed by atoms with E-state index >= 15 is 0 Å². The van der Waals surface area contributed by atoms with Crippen LogP contribution in [0.3, 0.4) is 0 Å². The van der Waals surface area contributed by atoms with Gasteiger partial charge in [0.2, 0.25) is 0 Å². The summed E-state index contributed by atoms with van der Waals surface area (Å²) in [5.74, 6) is 0. The number of aryl methyl sites for hydroxylation is 2. The SMILES string of the molecule is C/C=C(\c1cccc2c1Cc1ccc(-c3cc4c(c5ccccc35)c3c5ccccc5ccc3n4C)cc1-2)c1cc2c(c3ccccc13)c1c3ccccc3ccc1n2C. The molecule has 0 radical (unpaired) electrons. The standard InChI is InChI=1S/C58H40N2/c1-4-38(50-33-54-58(46-21-12-10-19-43(46)50)56-40-17-8-6-15-35(40)27-29-52(56)60(54)3)41-22-13-23-44-47-30-36(24-25-37(47)31-49(41)44)48-32-53-57(45-20-11-9-18-42(45)48)55-39-16-7-5-14-34(39)26-28-51(55)59(53)2/h4-30,32-33H,31H2,1-3H3/b38-4+. The Morgan fingerprint density at radius 2 is 0.967 bits per heavy atom. The molecule has 1 aliphatic rings. The molecule has 0 N–H and O–H groups in total. The van der Waals surface area contributed by atoms with E-state index in [0.29, 0.717) is 0 Å². The fourth-order valence-corrected chi connectivity index (χ4v) is 11.2. The number of allylic oxidation sites excluding steroid dienone is 1. The van der Waals surface area contributed by atoms with Gasteiger partial charge in [-0.3, -0.25) is 0 Å². The van der Waals surface area contributed by atoms with E-state index in [4.69, 9.17) is 0 Å². The second kappa shape index (κ2) is 12.3. The molecule has 2 aromatic heterocycles. The van der Waals surface area contributed by atoms with Crippen molar-refractivity contribution < 1.29 is 0 Å². The van der Waals surface area contributed by atoms with Crippen molar-refractivity contribution in [3.05, 3.63) is 198 Å². The fraction of sp³-hybridized carbons (Fsp3) is 0.0690. The minimum Gasteiger partial charge on any atom is -0.344 e. The van der Waals surface area contributed by atoms with Gasteiger partial charge in [0.25, 0.3) is 0 Å². The Bertz CT molecular complexity index is 3890. The minimum absolute atomic E-state index is 0.911. The van der Waals surface area contributed by atoms with Gasteiger partial charge >= 0.3 is 0 Å². The predicted octanol–water partition coefficient (Wildman–Crippen LogP) is 15.3. The molecule has 60 heavy (non-hydrogen) atoms. The third-order valence-corrected chi connectivity index (χ3v) is 13.9. The second-order valence-corrected chi connectivity index (χ2v) is 16.8. The molecule has 10 aromatic carbocycles. The number of nitrogens with zero attached hydrogens (tertiary/aromatic N) is 2. The summed E-state index contributed by atoms with van der Waals surface area (Å²) in [6.07, 6.45) is 3.25. The van der Waals surface area contributed by atoms with Crippen molar-refractivity contribution >= 4 is 92.3 Å². The van der Waals surface area contributed by atoms with Crippen LogP contribution in [0.1, 0.15) is 29.2 Å². The van der Waals surface area contributed by atoms with E-state index in [1.165, 1.54) is 137 Å². The van der Waals surface area contributed by atoms with E-state index in [1.807, 2.05) is 0 Å². The highest BCUT2D eigenvalue weighted by atomic mass is 14.9. The second-order valence-electron chi connectivity index (χ2n) is 16.8. The number of benzene rings is 10. The van der Waals surface area contributed by atoms with E-state index < -0.39 is 0 Å². The Morgan fingerprint density at radius 3 is 1.62 bits per heavy atom. The first-order chi connectivity index (χ1) is 29.6. The molecule has 0 saturated heterocycles. The fourth-order valence-electron chi connectivity index (χ4n) is 11.2. The molecule has 0 atom stereocenters. The van der Waals surface area contributed by atoms with Crippen molar-refractivity contribution in [2.45, 2.75) is 13.3 Å². The van der Waals surface area contributed by atoms with Gasteiger partial charge in [-0.2, -0.15) is 0 Å². The molecule has 0 amide bonds. The van der Waals surface area contributed by atoms with Crippen LogP contribution in [0.15, 0.2) is 176 Å². The van der Waals surface area contributed by atoms with Gasteiger partial charge in [0.15, 0.2) is 0 Å². The molecule has 0 spiro atoms. The molecule has 0 unspecified atom stereocenters. The first kappa shape index (κ1) is 33.5. The van der Waals surface area contributed by atoms with Crippen molar-refractivity contribution in [2.75, 3.05) is 0 Å². The maximum absolute atomic E-state index is 2.47. The summed E-state index contributed by atoms with van der Waals surface area (Å²) >= 11 is 0. The molecule has 0 bridgehead atoms. The summed E-state index contributed by atoms with van der Waals surface area (Å²) in [5.41, 5.74) is 16.9. The maximum Gasteiger partial charge on any atom is 0.0501 e. The quantitative estimate of drug-likeness (QED) is 0.170. The summed E-state index contributed by atoms with van der Waals surface area (Å²) in [4.78, 5) is 0. The highest BCUT2D eigenvalue weighted by molar-refractivity contribution is 6.31. The molecule has 13 rings (SSSR count). The van der Waals surface area contributed by atoms with Crippen LogP contribution in [0.25, 0.3) is 115 Å². The summed E-state index contributed by atoms with van der Waals surface area (Å²) < 4.78 is 4.79. The molecule has 12 aromatic rings. The first-order valence-corrected chi connectivity index (χ1v) is 21.1. The third-order valence-electron chi connectivity index (χ3n) is 13.9. The van der Waals surface area contributed by atoms with Crippen molar-refractivity contribution in [2.24, 2.45) is 14.1 Å². The predicted molar refractivity (Wildman–Crippen MR) is 257 cm³/mol. The Labute approximate surface area is 347 Å². The molecule has 282 valence electrons. The molecule has 2 nitrogen and oxygen atoms in total. The summed E-state index contributed by atoms with van der Waals surface area (Å²) in [7, 11) is 4.45. The molecular weight excluding hydrogens is 725 g/mol. The summed E-state index contributed by atoms with van der Waals surface area (Å²) in [6.45, 7) is 2.21. The van der Waals surface area contributed by atoms with E-state index in [1.54, 1.807) is 0 Å². The highest BCUT2D eigenvalue weighted by Gasteiger charge is 2.26. The highest BCUT2D eigenvalue weighted by Crippen LogP contribution is 2.48. The lowest BCUT2D eigenvalue weighted by atomic mass is 9.87. The van der Waals surface area contributed by atoms with Gasteiger partial charge < -0.3 is 9.13 Å². The van der Waals surface area contributed by atoms with Crippen molar-refractivity contribution in [3.8, 4) is 22.3 Å². The van der Waals surface area contributed by atoms with Crippen LogP contribution in [0.4, 0.5) is 0 Å². The van der Waals surface area contributed by atoms with Crippen LogP contribution in [-0.2, 0) is 20.5 Å². The topological polar surface area (TPSA) is 9.86 Å². The molecule has 0 fully saturated rings. The number of fused-ring (bicyclic) bond motifs is 17. The monoisotopic (exact) mass is 764 g/mol. The van der Waals surface area contributed by atoms with Gasteiger partial charge in [0.1, 0.15) is 0 Å². The van der Waals surface area contributed by atoms with Gasteiger partial charge in [-0.15, -0.1) is 0 Å². The molecule has 2 heterocycles. The zero-order valence-corrected chi connectivity index (χ0v) is 33.8. The van der Waals surface area contributed by atoms with Crippen LogP contribution in [-0.4, -0.2) is 9.13 Å². The molecule has 1 aliphatic carbocycles.